The zero-order chi connectivity index (χ0) is 13.0. The number of hydrogen-bond acceptors (Lipinski definition) is 4. The zero-order valence-electron chi connectivity index (χ0n) is 10.5. The van der Waals surface area contributed by atoms with Crippen LogP contribution < -0.4 is 5.32 Å². The Kier molecular flexibility index (Phi) is 4.74. The highest BCUT2D eigenvalue weighted by Gasteiger charge is 2.30. The number of rotatable bonds is 6. The molecule has 3 atom stereocenters. The van der Waals surface area contributed by atoms with Crippen LogP contribution in [0.3, 0.4) is 0 Å². The molecule has 4 nitrogen and oxygen atoms in total. The van der Waals surface area contributed by atoms with Gasteiger partial charge in [-0.3, -0.25) is 0 Å². The largest absolute Gasteiger partial charge is 0.479 e. The molecule has 1 aliphatic rings. The molecule has 0 aromatic carbocycles. The third kappa shape index (κ3) is 3.31. The second-order valence-corrected chi connectivity index (χ2v) is 5.53. The van der Waals surface area contributed by atoms with Gasteiger partial charge in [0, 0.05) is 17.5 Å². The highest BCUT2D eigenvalue weighted by atomic mass is 32.1. The van der Waals surface area contributed by atoms with Crippen molar-refractivity contribution in [2.45, 2.75) is 44.4 Å². The fraction of sp³-hybridized carbons (Fsp3) is 0.615. The Balaban J connectivity index is 1.79. The predicted molar refractivity (Wildman–Crippen MR) is 70.9 cm³/mol. The van der Waals surface area contributed by atoms with Gasteiger partial charge in [-0.2, -0.15) is 0 Å². The van der Waals surface area contributed by atoms with E-state index in [2.05, 4.69) is 29.8 Å². The minimum atomic E-state index is -0.845. The Morgan fingerprint density at radius 3 is 3.06 bits per heavy atom. The minimum Gasteiger partial charge on any atom is -0.479 e. The molecule has 2 heterocycles. The average Bonchev–Trinajstić information content (AvgIpc) is 3.00. The van der Waals surface area contributed by atoms with Gasteiger partial charge in [0.2, 0.25) is 0 Å². The molecule has 5 heteroatoms. The molecule has 0 saturated carbocycles. The summed E-state index contributed by atoms with van der Waals surface area (Å²) in [6, 6.07) is 4.52. The number of aliphatic carboxylic acids is 1. The first-order valence-electron chi connectivity index (χ1n) is 6.35. The topological polar surface area (TPSA) is 58.6 Å². The Morgan fingerprint density at radius 1 is 1.67 bits per heavy atom. The van der Waals surface area contributed by atoms with Gasteiger partial charge in [-0.05, 0) is 30.7 Å². The van der Waals surface area contributed by atoms with Crippen molar-refractivity contribution in [3.05, 3.63) is 22.4 Å². The second kappa shape index (κ2) is 6.31. The molecule has 18 heavy (non-hydrogen) atoms. The van der Waals surface area contributed by atoms with E-state index in [0.29, 0.717) is 12.5 Å². The van der Waals surface area contributed by atoms with Gasteiger partial charge in [0.05, 0.1) is 6.10 Å². The van der Waals surface area contributed by atoms with Crippen LogP contribution in [0.5, 0.6) is 0 Å². The fourth-order valence-electron chi connectivity index (χ4n) is 2.25. The molecular weight excluding hydrogens is 250 g/mol. The third-order valence-corrected chi connectivity index (χ3v) is 4.26. The van der Waals surface area contributed by atoms with Crippen LogP contribution in [0, 0.1) is 0 Å². The summed E-state index contributed by atoms with van der Waals surface area (Å²) in [7, 11) is 0. The van der Waals surface area contributed by atoms with Crippen LogP contribution in [-0.2, 0) is 9.53 Å². The fourth-order valence-corrected chi connectivity index (χ4v) is 3.13. The van der Waals surface area contributed by atoms with Crippen LogP contribution in [0.4, 0.5) is 0 Å². The maximum atomic E-state index is 10.8. The van der Waals surface area contributed by atoms with Crippen LogP contribution in [0.25, 0.3) is 0 Å². The highest BCUT2D eigenvalue weighted by Crippen LogP contribution is 2.23. The van der Waals surface area contributed by atoms with Crippen molar-refractivity contribution < 1.29 is 14.6 Å². The summed E-state index contributed by atoms with van der Waals surface area (Å²) in [6.07, 6.45) is 1.89. The summed E-state index contributed by atoms with van der Waals surface area (Å²) in [5.74, 6) is -0.845. The lowest BCUT2D eigenvalue weighted by atomic mass is 10.1. The average molecular weight is 269 g/mol. The summed E-state index contributed by atoms with van der Waals surface area (Å²) in [6.45, 7) is 2.87. The molecule has 1 aromatic rings. The molecule has 1 aromatic heterocycles. The van der Waals surface area contributed by atoms with Crippen molar-refractivity contribution in [1.82, 2.24) is 5.32 Å². The Labute approximate surface area is 111 Å². The number of carbonyl (C=O) groups is 1. The molecule has 0 spiro atoms. The van der Waals surface area contributed by atoms with E-state index in [1.807, 2.05) is 0 Å². The summed E-state index contributed by atoms with van der Waals surface area (Å²) >= 11 is 1.75. The molecule has 100 valence electrons. The van der Waals surface area contributed by atoms with Gasteiger partial charge in [0.15, 0.2) is 6.10 Å². The van der Waals surface area contributed by atoms with Crippen molar-refractivity contribution in [2.24, 2.45) is 0 Å². The van der Waals surface area contributed by atoms with Gasteiger partial charge in [0.25, 0.3) is 0 Å². The number of ether oxygens (including phenoxy) is 1. The molecule has 0 bridgehead atoms. The summed E-state index contributed by atoms with van der Waals surface area (Å²) in [5.41, 5.74) is 0. The predicted octanol–water partition coefficient (Wildman–Crippen LogP) is 2.42. The van der Waals surface area contributed by atoms with Crippen LogP contribution in [0.15, 0.2) is 17.5 Å². The summed E-state index contributed by atoms with van der Waals surface area (Å²) in [4.78, 5) is 12.1. The van der Waals surface area contributed by atoms with Gasteiger partial charge in [-0.15, -0.1) is 11.3 Å². The Hall–Kier alpha value is -0.910. The smallest absolute Gasteiger partial charge is 0.332 e. The maximum absolute atomic E-state index is 10.8. The van der Waals surface area contributed by atoms with E-state index in [0.717, 1.165) is 19.4 Å². The number of carboxylic acids is 1. The molecule has 1 saturated heterocycles. The Bertz CT molecular complexity index is 380. The van der Waals surface area contributed by atoms with Crippen LogP contribution in [0.2, 0.25) is 0 Å². The van der Waals surface area contributed by atoms with Crippen molar-refractivity contribution in [2.75, 3.05) is 6.54 Å². The summed E-state index contributed by atoms with van der Waals surface area (Å²) < 4.78 is 5.48. The van der Waals surface area contributed by atoms with E-state index in [4.69, 9.17) is 9.84 Å². The highest BCUT2D eigenvalue weighted by molar-refractivity contribution is 7.10. The van der Waals surface area contributed by atoms with Crippen LogP contribution in [-0.4, -0.2) is 29.8 Å². The SMILES string of the molecule is CCC(NCC1CCC(C(=O)O)O1)c1cccs1. The van der Waals surface area contributed by atoms with Gasteiger partial charge in [-0.1, -0.05) is 13.0 Å². The molecule has 2 rings (SSSR count). The lowest BCUT2D eigenvalue weighted by Crippen LogP contribution is -2.31. The number of thiophene rings is 1. The van der Waals surface area contributed by atoms with E-state index < -0.39 is 12.1 Å². The maximum Gasteiger partial charge on any atom is 0.332 e. The molecule has 2 N–H and O–H groups in total. The lowest BCUT2D eigenvalue weighted by Gasteiger charge is -2.18. The second-order valence-electron chi connectivity index (χ2n) is 4.55. The molecule has 0 radical (unpaired) electrons. The molecule has 3 unspecified atom stereocenters. The van der Waals surface area contributed by atoms with Crippen molar-refractivity contribution in [1.29, 1.82) is 0 Å². The first-order chi connectivity index (χ1) is 8.70. The van der Waals surface area contributed by atoms with E-state index in [9.17, 15) is 4.79 Å². The lowest BCUT2D eigenvalue weighted by molar-refractivity contribution is -0.149. The van der Waals surface area contributed by atoms with E-state index >= 15 is 0 Å². The third-order valence-electron chi connectivity index (χ3n) is 3.27. The van der Waals surface area contributed by atoms with E-state index in [-0.39, 0.29) is 6.10 Å². The van der Waals surface area contributed by atoms with Gasteiger partial charge in [0.1, 0.15) is 0 Å². The molecule has 1 aliphatic heterocycles. The molecule has 1 fully saturated rings. The summed E-state index contributed by atoms with van der Waals surface area (Å²) in [5, 5.41) is 14.4. The molecular formula is C13H19NO3S. The first-order valence-corrected chi connectivity index (χ1v) is 7.23. The minimum absolute atomic E-state index is 0.0279. The normalized spacial score (nSPS) is 25.2. The van der Waals surface area contributed by atoms with Gasteiger partial charge < -0.3 is 15.2 Å². The standard InChI is InChI=1S/C13H19NO3S/c1-2-10(12-4-3-7-18-12)14-8-9-5-6-11(17-9)13(15)16/h3-4,7,9-11,14H,2,5-6,8H2,1H3,(H,15,16). The first kappa shape index (κ1) is 13.5. The van der Waals surface area contributed by atoms with Crippen molar-refractivity contribution >= 4 is 17.3 Å². The number of carboxylic acid groups (broad SMARTS) is 1. The number of hydrogen-bond donors (Lipinski definition) is 2. The van der Waals surface area contributed by atoms with E-state index in [1.54, 1.807) is 11.3 Å². The zero-order valence-corrected chi connectivity index (χ0v) is 11.3. The Morgan fingerprint density at radius 2 is 2.50 bits per heavy atom. The van der Waals surface area contributed by atoms with Gasteiger partial charge in [-0.25, -0.2) is 4.79 Å². The van der Waals surface area contributed by atoms with Crippen molar-refractivity contribution in [3.8, 4) is 0 Å². The van der Waals surface area contributed by atoms with Gasteiger partial charge >= 0.3 is 5.97 Å². The van der Waals surface area contributed by atoms with Crippen LogP contribution in [0.1, 0.15) is 37.1 Å². The monoisotopic (exact) mass is 269 g/mol. The molecule has 0 amide bonds. The van der Waals surface area contributed by atoms with Crippen LogP contribution >= 0.6 is 11.3 Å². The number of nitrogens with one attached hydrogen (secondary N) is 1. The quantitative estimate of drug-likeness (QED) is 0.832. The van der Waals surface area contributed by atoms with Crippen molar-refractivity contribution in [3.63, 3.8) is 0 Å². The van der Waals surface area contributed by atoms with E-state index in [1.165, 1.54) is 4.88 Å². The molecule has 0 aliphatic carbocycles.